The van der Waals surface area contributed by atoms with Gasteiger partial charge in [-0.2, -0.15) is 0 Å². The van der Waals surface area contributed by atoms with Crippen LogP contribution in [0.4, 0.5) is 10.5 Å². The van der Waals surface area contributed by atoms with Crippen LogP contribution in [-0.2, 0) is 12.0 Å². The van der Waals surface area contributed by atoms with Crippen LogP contribution in [0.15, 0.2) is 60.1 Å². The van der Waals surface area contributed by atoms with Crippen LogP contribution >= 0.6 is 22.9 Å². The molecule has 1 aliphatic heterocycles. The first kappa shape index (κ1) is 24.7. The second kappa shape index (κ2) is 10.5. The largest absolute Gasteiger partial charge is 0.337 e. The number of amides is 2. The molecule has 0 bridgehead atoms. The molecule has 0 spiro atoms. The number of urea groups is 1. The second-order valence-corrected chi connectivity index (χ2v) is 11.3. The molecule has 0 saturated carbocycles. The molecule has 1 aliphatic rings. The SMILES string of the molecule is Cc1ccc(C(C)(C)N2CCC(CCc3cccs3)(CNC(=O)Nc3ccc(Cl)cc3)C2)cn1. The summed E-state index contributed by atoms with van der Waals surface area (Å²) in [7, 11) is 0. The highest BCUT2D eigenvalue weighted by atomic mass is 35.5. The first-order valence-electron chi connectivity index (χ1n) is 11.8. The van der Waals surface area contributed by atoms with Crippen molar-refractivity contribution in [3.05, 3.63) is 81.3 Å². The number of pyridine rings is 1. The maximum Gasteiger partial charge on any atom is 0.319 e. The number of carbonyl (C=O) groups excluding carboxylic acids is 1. The number of aryl methyl sites for hydroxylation is 2. The molecule has 1 atom stereocenters. The first-order valence-corrected chi connectivity index (χ1v) is 13.0. The number of aromatic nitrogens is 1. The van der Waals surface area contributed by atoms with Gasteiger partial charge in [-0.3, -0.25) is 9.88 Å². The van der Waals surface area contributed by atoms with Gasteiger partial charge in [-0.05, 0) is 93.9 Å². The van der Waals surface area contributed by atoms with Gasteiger partial charge in [0, 0.05) is 51.5 Å². The molecule has 7 heteroatoms. The molecule has 0 aliphatic carbocycles. The van der Waals surface area contributed by atoms with Gasteiger partial charge in [-0.25, -0.2) is 4.79 Å². The Morgan fingerprint density at radius 1 is 1.21 bits per heavy atom. The second-order valence-electron chi connectivity index (χ2n) is 9.81. The molecule has 1 unspecified atom stereocenters. The number of hydrogen-bond acceptors (Lipinski definition) is 4. The van der Waals surface area contributed by atoms with Crippen LogP contribution in [-0.4, -0.2) is 35.5 Å². The third kappa shape index (κ3) is 5.98. The summed E-state index contributed by atoms with van der Waals surface area (Å²) in [5.74, 6) is 0. The smallest absolute Gasteiger partial charge is 0.319 e. The van der Waals surface area contributed by atoms with Gasteiger partial charge < -0.3 is 10.6 Å². The van der Waals surface area contributed by atoms with Crippen LogP contribution < -0.4 is 10.6 Å². The summed E-state index contributed by atoms with van der Waals surface area (Å²) in [6.45, 7) is 9.12. The highest BCUT2D eigenvalue weighted by Crippen LogP contribution is 2.41. The third-order valence-corrected chi connectivity index (χ3v) is 8.24. The Morgan fingerprint density at radius 3 is 2.68 bits per heavy atom. The fourth-order valence-corrected chi connectivity index (χ4v) is 5.52. The lowest BCUT2D eigenvalue weighted by Crippen LogP contribution is -2.45. The van der Waals surface area contributed by atoms with E-state index >= 15 is 0 Å². The Morgan fingerprint density at radius 2 is 2.00 bits per heavy atom. The van der Waals surface area contributed by atoms with Gasteiger partial charge in [0.05, 0.1) is 0 Å². The highest BCUT2D eigenvalue weighted by Gasteiger charge is 2.43. The van der Waals surface area contributed by atoms with Crippen LogP contribution in [0.25, 0.3) is 0 Å². The van der Waals surface area contributed by atoms with Gasteiger partial charge in [0.1, 0.15) is 0 Å². The number of likely N-dealkylation sites (tertiary alicyclic amines) is 1. The number of halogens is 1. The normalized spacial score (nSPS) is 18.7. The summed E-state index contributed by atoms with van der Waals surface area (Å²) in [5.41, 5.74) is 2.87. The van der Waals surface area contributed by atoms with Crippen LogP contribution in [0.2, 0.25) is 5.02 Å². The topological polar surface area (TPSA) is 57.3 Å². The molecule has 1 aromatic carbocycles. The molecule has 34 heavy (non-hydrogen) atoms. The fourth-order valence-electron chi connectivity index (χ4n) is 4.68. The highest BCUT2D eigenvalue weighted by molar-refractivity contribution is 7.09. The molecule has 2 aromatic heterocycles. The van der Waals surface area contributed by atoms with E-state index in [1.807, 2.05) is 25.3 Å². The van der Waals surface area contributed by atoms with Crippen LogP contribution in [0.5, 0.6) is 0 Å². The van der Waals surface area contributed by atoms with E-state index in [1.165, 1.54) is 10.4 Å². The van der Waals surface area contributed by atoms with Crippen molar-refractivity contribution >= 4 is 34.7 Å². The van der Waals surface area contributed by atoms with E-state index in [2.05, 4.69) is 64.0 Å². The number of anilines is 1. The predicted octanol–water partition coefficient (Wildman–Crippen LogP) is 6.49. The lowest BCUT2D eigenvalue weighted by Gasteiger charge is -2.38. The van der Waals surface area contributed by atoms with Crippen LogP contribution in [0, 0.1) is 12.3 Å². The van der Waals surface area contributed by atoms with E-state index in [0.717, 1.165) is 43.7 Å². The minimum atomic E-state index is -0.182. The quantitative estimate of drug-likeness (QED) is 0.375. The molecular weight excluding hydrogens is 464 g/mol. The van der Waals surface area contributed by atoms with E-state index in [0.29, 0.717) is 11.6 Å². The average molecular weight is 497 g/mol. The molecule has 0 radical (unpaired) electrons. The number of thiophene rings is 1. The molecule has 2 N–H and O–H groups in total. The van der Waals surface area contributed by atoms with Crippen molar-refractivity contribution < 1.29 is 4.79 Å². The van der Waals surface area contributed by atoms with Gasteiger partial charge in [0.25, 0.3) is 0 Å². The van der Waals surface area contributed by atoms with Gasteiger partial charge in [-0.1, -0.05) is 23.7 Å². The zero-order valence-corrected chi connectivity index (χ0v) is 21.7. The molecule has 5 nitrogen and oxygen atoms in total. The maximum atomic E-state index is 12.7. The monoisotopic (exact) mass is 496 g/mol. The van der Waals surface area contributed by atoms with Crippen LogP contribution in [0.1, 0.15) is 42.8 Å². The molecule has 1 saturated heterocycles. The van der Waals surface area contributed by atoms with E-state index < -0.39 is 0 Å². The molecule has 4 rings (SSSR count). The number of hydrogen-bond donors (Lipinski definition) is 2. The summed E-state index contributed by atoms with van der Waals surface area (Å²) >= 11 is 7.76. The van der Waals surface area contributed by atoms with E-state index in [4.69, 9.17) is 11.6 Å². The minimum Gasteiger partial charge on any atom is -0.337 e. The maximum absolute atomic E-state index is 12.7. The molecule has 180 valence electrons. The van der Waals surface area contributed by atoms with Crippen molar-refractivity contribution in [2.75, 3.05) is 25.0 Å². The zero-order chi connectivity index (χ0) is 24.2. The Balaban J connectivity index is 1.45. The lowest BCUT2D eigenvalue weighted by molar-refractivity contribution is 0.127. The lowest BCUT2D eigenvalue weighted by atomic mass is 9.81. The third-order valence-electron chi connectivity index (χ3n) is 7.05. The minimum absolute atomic E-state index is 0.0106. The Labute approximate surface area is 211 Å². The van der Waals surface area contributed by atoms with E-state index in [-0.39, 0.29) is 17.0 Å². The molecule has 3 aromatic rings. The Bertz CT molecular complexity index is 1080. The molecule has 3 heterocycles. The Hall–Kier alpha value is -2.41. The molecular formula is C27H33ClN4OS. The van der Waals surface area contributed by atoms with Crippen molar-refractivity contribution in [2.45, 2.75) is 45.6 Å². The van der Waals surface area contributed by atoms with E-state index in [9.17, 15) is 4.79 Å². The summed E-state index contributed by atoms with van der Waals surface area (Å²) in [6, 6.07) is 15.6. The molecule has 2 amide bonds. The zero-order valence-electron chi connectivity index (χ0n) is 20.1. The van der Waals surface area contributed by atoms with Gasteiger partial charge in [0.15, 0.2) is 0 Å². The molecule has 1 fully saturated rings. The summed E-state index contributed by atoms with van der Waals surface area (Å²) < 4.78 is 0. The van der Waals surface area contributed by atoms with Gasteiger partial charge in [0.2, 0.25) is 0 Å². The number of carbonyl (C=O) groups is 1. The van der Waals surface area contributed by atoms with E-state index in [1.54, 1.807) is 23.5 Å². The van der Waals surface area contributed by atoms with Gasteiger partial charge in [-0.15, -0.1) is 11.3 Å². The Kier molecular flexibility index (Phi) is 7.60. The summed E-state index contributed by atoms with van der Waals surface area (Å²) in [4.78, 5) is 21.2. The van der Waals surface area contributed by atoms with Crippen LogP contribution in [0.3, 0.4) is 0 Å². The van der Waals surface area contributed by atoms with Crippen molar-refractivity contribution in [3.63, 3.8) is 0 Å². The summed E-state index contributed by atoms with van der Waals surface area (Å²) in [5, 5.41) is 8.87. The van der Waals surface area contributed by atoms with Crippen molar-refractivity contribution in [1.82, 2.24) is 15.2 Å². The fraction of sp³-hybridized carbons (Fsp3) is 0.407. The standard InChI is InChI=1S/C27H33ClN4OS/c1-20-6-7-21(17-29-20)26(2,3)32-15-14-27(19-32,13-12-24-5-4-16-34-24)18-30-25(33)31-23-10-8-22(28)9-11-23/h4-11,16-17H,12-15,18-19H2,1-3H3,(H2,30,31,33). The first-order chi connectivity index (χ1) is 16.3. The summed E-state index contributed by atoms with van der Waals surface area (Å²) in [6.07, 6.45) is 5.10. The van der Waals surface area contributed by atoms with Crippen molar-refractivity contribution in [2.24, 2.45) is 5.41 Å². The van der Waals surface area contributed by atoms with Gasteiger partial charge >= 0.3 is 6.03 Å². The number of nitrogens with zero attached hydrogens (tertiary/aromatic N) is 2. The van der Waals surface area contributed by atoms with Crippen molar-refractivity contribution in [1.29, 1.82) is 0 Å². The number of rotatable bonds is 8. The number of nitrogens with one attached hydrogen (secondary N) is 2. The van der Waals surface area contributed by atoms with Crippen molar-refractivity contribution in [3.8, 4) is 0 Å². The average Bonchev–Trinajstić information content (AvgIpc) is 3.49. The predicted molar refractivity (Wildman–Crippen MR) is 142 cm³/mol. The number of benzene rings is 1.